The number of hydrogen-bond acceptors (Lipinski definition) is 5. The number of piperidine rings is 1. The van der Waals surface area contributed by atoms with Crippen molar-refractivity contribution in [3.05, 3.63) is 17.0 Å². The topological polar surface area (TPSA) is 69.9 Å². The van der Waals surface area contributed by atoms with Crippen molar-refractivity contribution in [2.24, 2.45) is 0 Å². The van der Waals surface area contributed by atoms with Crippen LogP contribution in [0.15, 0.2) is 4.52 Å². The Morgan fingerprint density at radius 3 is 2.32 bits per heavy atom. The number of carbonyl (C=O) groups excluding carboxylic acids is 2. The summed E-state index contributed by atoms with van der Waals surface area (Å²) < 4.78 is 5.18. The number of hydrogen-bond donors (Lipinski definition) is 0. The van der Waals surface area contributed by atoms with Crippen molar-refractivity contribution in [3.8, 4) is 0 Å². The predicted molar refractivity (Wildman–Crippen MR) is 93.4 cm³/mol. The molecule has 7 heteroatoms. The molecule has 138 valence electrons. The first-order valence-corrected chi connectivity index (χ1v) is 9.34. The molecule has 0 bridgehead atoms. The molecule has 0 aliphatic carbocycles. The number of carbonyl (C=O) groups is 2. The van der Waals surface area contributed by atoms with Crippen molar-refractivity contribution in [1.29, 1.82) is 0 Å². The Labute approximate surface area is 148 Å². The largest absolute Gasteiger partial charge is 0.361 e. The molecule has 0 radical (unpaired) electrons. The smallest absolute Gasteiger partial charge is 0.259 e. The van der Waals surface area contributed by atoms with Gasteiger partial charge in [-0.2, -0.15) is 0 Å². The maximum absolute atomic E-state index is 12.8. The lowest BCUT2D eigenvalue weighted by Crippen LogP contribution is -2.52. The minimum Gasteiger partial charge on any atom is -0.361 e. The van der Waals surface area contributed by atoms with Crippen LogP contribution < -0.4 is 0 Å². The molecular formula is C18H28N4O3. The average molecular weight is 348 g/mol. The second kappa shape index (κ2) is 7.99. The lowest BCUT2D eigenvalue weighted by Gasteiger charge is -2.36. The van der Waals surface area contributed by atoms with Crippen molar-refractivity contribution in [1.82, 2.24) is 19.9 Å². The first-order chi connectivity index (χ1) is 12.1. The van der Waals surface area contributed by atoms with Crippen molar-refractivity contribution in [2.45, 2.75) is 39.5 Å². The molecule has 0 saturated carbocycles. The molecule has 2 amide bonds. The Bertz CT molecular complexity index is 614. The van der Waals surface area contributed by atoms with Gasteiger partial charge < -0.3 is 14.3 Å². The molecule has 7 nitrogen and oxygen atoms in total. The van der Waals surface area contributed by atoms with Crippen LogP contribution >= 0.6 is 0 Å². The summed E-state index contributed by atoms with van der Waals surface area (Å²) in [7, 11) is 0. The summed E-state index contributed by atoms with van der Waals surface area (Å²) in [5.41, 5.74) is 1.34. The summed E-state index contributed by atoms with van der Waals surface area (Å²) in [4.78, 5) is 31.1. The molecule has 1 aromatic rings. The second-order valence-electron chi connectivity index (χ2n) is 6.92. The molecule has 0 atom stereocenters. The molecular weight excluding hydrogens is 320 g/mol. The van der Waals surface area contributed by atoms with Crippen molar-refractivity contribution < 1.29 is 14.1 Å². The Morgan fingerprint density at radius 2 is 1.68 bits per heavy atom. The molecule has 0 aromatic carbocycles. The number of piperazine rings is 1. The summed E-state index contributed by atoms with van der Waals surface area (Å²) in [6.07, 6.45) is 4.15. The highest BCUT2D eigenvalue weighted by atomic mass is 16.5. The zero-order chi connectivity index (χ0) is 17.8. The van der Waals surface area contributed by atoms with E-state index in [9.17, 15) is 9.59 Å². The second-order valence-corrected chi connectivity index (χ2v) is 6.92. The van der Waals surface area contributed by atoms with E-state index in [-0.39, 0.29) is 11.8 Å². The molecule has 2 aliphatic heterocycles. The Balaban J connectivity index is 1.52. The van der Waals surface area contributed by atoms with E-state index < -0.39 is 0 Å². The van der Waals surface area contributed by atoms with E-state index in [1.54, 1.807) is 6.92 Å². The standard InChI is InChI=1S/C18H28N4O3/c1-3-15-17(14(2)25-19-15)18(24)22-11-9-20(10-12-22)13-16(23)21-7-5-4-6-8-21/h3-13H2,1-2H3. The summed E-state index contributed by atoms with van der Waals surface area (Å²) >= 11 is 0. The summed E-state index contributed by atoms with van der Waals surface area (Å²) in [6, 6.07) is 0. The van der Waals surface area contributed by atoms with E-state index >= 15 is 0 Å². The van der Waals surface area contributed by atoms with Gasteiger partial charge in [0.25, 0.3) is 5.91 Å². The maximum atomic E-state index is 12.8. The van der Waals surface area contributed by atoms with Crippen LogP contribution in [0.25, 0.3) is 0 Å². The van der Waals surface area contributed by atoms with E-state index in [0.29, 0.717) is 37.4 Å². The molecule has 2 saturated heterocycles. The van der Waals surface area contributed by atoms with Crippen LogP contribution in [-0.2, 0) is 11.2 Å². The van der Waals surface area contributed by atoms with Crippen LogP contribution in [0.2, 0.25) is 0 Å². The van der Waals surface area contributed by atoms with Gasteiger partial charge in [0, 0.05) is 39.3 Å². The molecule has 0 spiro atoms. The summed E-state index contributed by atoms with van der Waals surface area (Å²) in [5, 5.41) is 3.97. The lowest BCUT2D eigenvalue weighted by molar-refractivity contribution is -0.133. The number of rotatable bonds is 4. The molecule has 1 aromatic heterocycles. The zero-order valence-corrected chi connectivity index (χ0v) is 15.3. The molecule has 3 rings (SSSR count). The lowest BCUT2D eigenvalue weighted by atomic mass is 10.1. The average Bonchev–Trinajstić information content (AvgIpc) is 3.03. The number of nitrogens with zero attached hydrogens (tertiary/aromatic N) is 4. The molecule has 2 aliphatic rings. The van der Waals surface area contributed by atoms with Crippen LogP contribution in [0, 0.1) is 6.92 Å². The molecule has 0 N–H and O–H groups in total. The highest BCUT2D eigenvalue weighted by Crippen LogP contribution is 2.18. The minimum atomic E-state index is -0.00222. The molecule has 25 heavy (non-hydrogen) atoms. The normalized spacial score (nSPS) is 19.3. The fourth-order valence-electron chi connectivity index (χ4n) is 3.64. The fourth-order valence-corrected chi connectivity index (χ4v) is 3.64. The molecule has 3 heterocycles. The van der Waals surface area contributed by atoms with Gasteiger partial charge in [-0.3, -0.25) is 14.5 Å². The highest BCUT2D eigenvalue weighted by molar-refractivity contribution is 5.96. The van der Waals surface area contributed by atoms with Gasteiger partial charge in [0.15, 0.2) is 0 Å². The van der Waals surface area contributed by atoms with Gasteiger partial charge in [0.1, 0.15) is 11.3 Å². The van der Waals surface area contributed by atoms with Crippen LogP contribution in [0.4, 0.5) is 0 Å². The zero-order valence-electron chi connectivity index (χ0n) is 15.3. The predicted octanol–water partition coefficient (Wildman–Crippen LogP) is 1.32. The van der Waals surface area contributed by atoms with E-state index in [2.05, 4.69) is 10.1 Å². The van der Waals surface area contributed by atoms with Gasteiger partial charge in [0.05, 0.1) is 12.2 Å². The third-order valence-electron chi connectivity index (χ3n) is 5.21. The van der Waals surface area contributed by atoms with E-state index in [0.717, 1.165) is 44.7 Å². The van der Waals surface area contributed by atoms with Gasteiger partial charge in [-0.05, 0) is 32.6 Å². The SMILES string of the molecule is CCc1noc(C)c1C(=O)N1CCN(CC(=O)N2CCCCC2)CC1. The fraction of sp³-hybridized carbons (Fsp3) is 0.722. The number of amides is 2. The minimum absolute atomic E-state index is 0.00222. The summed E-state index contributed by atoms with van der Waals surface area (Å²) in [5.74, 6) is 0.810. The van der Waals surface area contributed by atoms with Crippen LogP contribution in [-0.4, -0.2) is 77.5 Å². The third kappa shape index (κ3) is 4.03. The van der Waals surface area contributed by atoms with E-state index in [1.165, 1.54) is 6.42 Å². The van der Waals surface area contributed by atoms with Gasteiger partial charge in [-0.1, -0.05) is 12.1 Å². The number of aryl methyl sites for hydroxylation is 2. The van der Waals surface area contributed by atoms with Crippen molar-refractivity contribution in [2.75, 3.05) is 45.8 Å². The highest BCUT2D eigenvalue weighted by Gasteiger charge is 2.28. The first kappa shape index (κ1) is 17.9. The Morgan fingerprint density at radius 1 is 1.00 bits per heavy atom. The van der Waals surface area contributed by atoms with E-state index in [1.807, 2.05) is 16.7 Å². The summed E-state index contributed by atoms with van der Waals surface area (Å²) in [6.45, 7) is 8.75. The van der Waals surface area contributed by atoms with Crippen LogP contribution in [0.3, 0.4) is 0 Å². The third-order valence-corrected chi connectivity index (χ3v) is 5.21. The van der Waals surface area contributed by atoms with Crippen LogP contribution in [0.1, 0.15) is 48.0 Å². The van der Waals surface area contributed by atoms with Gasteiger partial charge >= 0.3 is 0 Å². The van der Waals surface area contributed by atoms with Crippen molar-refractivity contribution >= 4 is 11.8 Å². The first-order valence-electron chi connectivity index (χ1n) is 9.34. The Kier molecular flexibility index (Phi) is 5.73. The Hall–Kier alpha value is -1.89. The van der Waals surface area contributed by atoms with Crippen LogP contribution in [0.5, 0.6) is 0 Å². The quantitative estimate of drug-likeness (QED) is 0.821. The number of likely N-dealkylation sites (tertiary alicyclic amines) is 1. The molecule has 2 fully saturated rings. The van der Waals surface area contributed by atoms with E-state index in [4.69, 9.17) is 4.52 Å². The number of aromatic nitrogens is 1. The van der Waals surface area contributed by atoms with Crippen molar-refractivity contribution in [3.63, 3.8) is 0 Å². The van der Waals surface area contributed by atoms with Gasteiger partial charge in [-0.15, -0.1) is 0 Å². The maximum Gasteiger partial charge on any atom is 0.259 e. The van der Waals surface area contributed by atoms with Gasteiger partial charge in [0.2, 0.25) is 5.91 Å². The van der Waals surface area contributed by atoms with Gasteiger partial charge in [-0.25, -0.2) is 0 Å². The monoisotopic (exact) mass is 348 g/mol. The molecule has 0 unspecified atom stereocenters.